The van der Waals surface area contributed by atoms with E-state index in [1.165, 1.54) is 24.0 Å². The van der Waals surface area contributed by atoms with Crippen LogP contribution in [0.25, 0.3) is 0 Å². The molecule has 1 aliphatic carbocycles. The van der Waals surface area contributed by atoms with Gasteiger partial charge in [0, 0.05) is 15.7 Å². The molecular weight excluding hydrogens is 326 g/mol. The molecule has 0 radical (unpaired) electrons. The molecule has 2 nitrogen and oxygen atoms in total. The topological polar surface area (TPSA) is 29.1 Å². The van der Waals surface area contributed by atoms with Gasteiger partial charge >= 0.3 is 0 Å². The van der Waals surface area contributed by atoms with Crippen LogP contribution in [-0.4, -0.2) is 5.91 Å². The van der Waals surface area contributed by atoms with Crippen molar-refractivity contribution < 1.29 is 4.79 Å². The number of hydrogen-bond acceptors (Lipinski definition) is 1. The van der Waals surface area contributed by atoms with E-state index in [2.05, 4.69) is 27.3 Å². The van der Waals surface area contributed by atoms with Gasteiger partial charge in [0.05, 0.1) is 0 Å². The highest BCUT2D eigenvalue weighted by atomic mass is 79.9. The van der Waals surface area contributed by atoms with Gasteiger partial charge in [-0.2, -0.15) is 0 Å². The van der Waals surface area contributed by atoms with Crippen LogP contribution < -0.4 is 5.32 Å². The molecule has 0 spiro atoms. The van der Waals surface area contributed by atoms with Crippen LogP contribution in [0.5, 0.6) is 0 Å². The average molecular weight is 344 g/mol. The molecule has 3 rings (SSSR count). The van der Waals surface area contributed by atoms with E-state index in [-0.39, 0.29) is 5.91 Å². The van der Waals surface area contributed by atoms with E-state index in [0.717, 1.165) is 28.6 Å². The van der Waals surface area contributed by atoms with Crippen LogP contribution in [0.2, 0.25) is 0 Å². The number of rotatable bonds is 2. The summed E-state index contributed by atoms with van der Waals surface area (Å²) in [5.41, 5.74) is 5.46. The Bertz CT molecular complexity index is 694. The van der Waals surface area contributed by atoms with Crippen molar-refractivity contribution in [1.82, 2.24) is 0 Å². The van der Waals surface area contributed by atoms with Crippen LogP contribution >= 0.6 is 15.9 Å². The Balaban J connectivity index is 1.86. The quantitative estimate of drug-likeness (QED) is 0.826. The van der Waals surface area contributed by atoms with E-state index in [1.54, 1.807) is 0 Å². The van der Waals surface area contributed by atoms with Gasteiger partial charge in [-0.3, -0.25) is 4.79 Å². The Labute approximate surface area is 133 Å². The zero-order chi connectivity index (χ0) is 14.8. The van der Waals surface area contributed by atoms with E-state index in [9.17, 15) is 4.79 Å². The Morgan fingerprint density at radius 2 is 1.95 bits per heavy atom. The Kier molecular flexibility index (Phi) is 4.11. The van der Waals surface area contributed by atoms with Crippen LogP contribution in [0.4, 0.5) is 5.69 Å². The number of aryl methyl sites for hydroxylation is 2. The molecule has 1 N–H and O–H groups in total. The van der Waals surface area contributed by atoms with Crippen molar-refractivity contribution in [3.05, 3.63) is 63.1 Å². The summed E-state index contributed by atoms with van der Waals surface area (Å²) >= 11 is 3.48. The third-order valence-corrected chi connectivity index (χ3v) is 4.93. The normalized spacial score (nSPS) is 13.6. The highest BCUT2D eigenvalue weighted by molar-refractivity contribution is 9.10. The van der Waals surface area contributed by atoms with E-state index in [4.69, 9.17) is 0 Å². The van der Waals surface area contributed by atoms with Gasteiger partial charge in [-0.1, -0.05) is 34.1 Å². The molecular formula is C18H18BrNO. The number of nitrogens with one attached hydrogen (secondary N) is 1. The SMILES string of the molecule is Cc1ccc(C(=O)Nc2cccc3c2CCCC3)cc1Br. The van der Waals surface area contributed by atoms with Gasteiger partial charge in [0.25, 0.3) is 5.91 Å². The van der Waals surface area contributed by atoms with E-state index in [0.29, 0.717) is 5.56 Å². The van der Waals surface area contributed by atoms with Crippen LogP contribution in [0.1, 0.15) is 39.9 Å². The molecule has 0 atom stereocenters. The minimum absolute atomic E-state index is 0.0466. The van der Waals surface area contributed by atoms with Crippen molar-refractivity contribution in [3.63, 3.8) is 0 Å². The summed E-state index contributed by atoms with van der Waals surface area (Å²) < 4.78 is 0.963. The number of halogens is 1. The number of amides is 1. The lowest BCUT2D eigenvalue weighted by molar-refractivity contribution is 0.102. The monoisotopic (exact) mass is 343 g/mol. The standard InChI is InChI=1S/C18H18BrNO/c1-12-9-10-14(11-16(12)19)18(21)20-17-8-4-6-13-5-2-3-7-15(13)17/h4,6,8-11H,2-3,5,7H2,1H3,(H,20,21). The number of fused-ring (bicyclic) bond motifs is 1. The molecule has 0 saturated heterocycles. The fourth-order valence-electron chi connectivity index (χ4n) is 2.83. The summed E-state index contributed by atoms with van der Waals surface area (Å²) in [6.07, 6.45) is 4.63. The number of anilines is 1. The summed E-state index contributed by atoms with van der Waals surface area (Å²) in [6.45, 7) is 2.01. The minimum atomic E-state index is -0.0466. The smallest absolute Gasteiger partial charge is 0.255 e. The maximum absolute atomic E-state index is 12.4. The maximum atomic E-state index is 12.4. The second-order valence-corrected chi connectivity index (χ2v) is 6.42. The maximum Gasteiger partial charge on any atom is 0.255 e. The molecule has 2 aromatic carbocycles. The van der Waals surface area contributed by atoms with E-state index >= 15 is 0 Å². The number of benzene rings is 2. The molecule has 2 aromatic rings. The zero-order valence-electron chi connectivity index (χ0n) is 12.1. The number of carbonyl (C=O) groups is 1. The van der Waals surface area contributed by atoms with E-state index < -0.39 is 0 Å². The summed E-state index contributed by atoms with van der Waals surface area (Å²) in [4.78, 5) is 12.4. The molecule has 3 heteroatoms. The average Bonchev–Trinajstić information content (AvgIpc) is 2.50. The predicted octanol–water partition coefficient (Wildman–Crippen LogP) is 4.89. The van der Waals surface area contributed by atoms with Gasteiger partial charge in [-0.05, 0) is 67.5 Å². The predicted molar refractivity (Wildman–Crippen MR) is 89.9 cm³/mol. The largest absolute Gasteiger partial charge is 0.322 e. The Hall–Kier alpha value is -1.61. The third-order valence-electron chi connectivity index (χ3n) is 4.08. The molecule has 0 unspecified atom stereocenters. The molecule has 0 saturated carbocycles. The number of hydrogen-bond donors (Lipinski definition) is 1. The summed E-state index contributed by atoms with van der Waals surface area (Å²) in [6, 6.07) is 11.9. The van der Waals surface area contributed by atoms with Crippen molar-refractivity contribution in [2.24, 2.45) is 0 Å². The van der Waals surface area contributed by atoms with Gasteiger partial charge < -0.3 is 5.32 Å². The van der Waals surface area contributed by atoms with Crippen LogP contribution in [-0.2, 0) is 12.8 Å². The Morgan fingerprint density at radius 1 is 1.14 bits per heavy atom. The first-order valence-corrected chi connectivity index (χ1v) is 8.13. The van der Waals surface area contributed by atoms with Crippen molar-refractivity contribution in [1.29, 1.82) is 0 Å². The second-order valence-electron chi connectivity index (χ2n) is 5.57. The fraction of sp³-hybridized carbons (Fsp3) is 0.278. The van der Waals surface area contributed by atoms with Crippen molar-refractivity contribution in [2.45, 2.75) is 32.6 Å². The first kappa shape index (κ1) is 14.3. The highest BCUT2D eigenvalue weighted by Crippen LogP contribution is 2.28. The van der Waals surface area contributed by atoms with Gasteiger partial charge in [0.15, 0.2) is 0 Å². The van der Waals surface area contributed by atoms with Crippen molar-refractivity contribution in [2.75, 3.05) is 5.32 Å². The lowest BCUT2D eigenvalue weighted by atomic mass is 9.90. The molecule has 0 aromatic heterocycles. The fourth-order valence-corrected chi connectivity index (χ4v) is 3.21. The summed E-state index contributed by atoms with van der Waals surface area (Å²) in [7, 11) is 0. The van der Waals surface area contributed by atoms with Gasteiger partial charge in [-0.25, -0.2) is 0 Å². The first-order chi connectivity index (χ1) is 10.1. The van der Waals surface area contributed by atoms with E-state index in [1.807, 2.05) is 37.3 Å². The lowest BCUT2D eigenvalue weighted by Crippen LogP contribution is -2.15. The lowest BCUT2D eigenvalue weighted by Gasteiger charge is -2.19. The molecule has 0 aliphatic heterocycles. The summed E-state index contributed by atoms with van der Waals surface area (Å²) in [5.74, 6) is -0.0466. The molecule has 1 aliphatic rings. The van der Waals surface area contributed by atoms with Gasteiger partial charge in [0.2, 0.25) is 0 Å². The van der Waals surface area contributed by atoms with Gasteiger partial charge in [0.1, 0.15) is 0 Å². The minimum Gasteiger partial charge on any atom is -0.322 e. The van der Waals surface area contributed by atoms with Crippen LogP contribution in [0.3, 0.4) is 0 Å². The molecule has 1 amide bonds. The molecule has 21 heavy (non-hydrogen) atoms. The van der Waals surface area contributed by atoms with Gasteiger partial charge in [-0.15, -0.1) is 0 Å². The third kappa shape index (κ3) is 3.03. The summed E-state index contributed by atoms with van der Waals surface area (Å²) in [5, 5.41) is 3.07. The van der Waals surface area contributed by atoms with Crippen molar-refractivity contribution >= 4 is 27.5 Å². The zero-order valence-corrected chi connectivity index (χ0v) is 13.7. The number of carbonyl (C=O) groups excluding carboxylic acids is 1. The van der Waals surface area contributed by atoms with Crippen LogP contribution in [0.15, 0.2) is 40.9 Å². The van der Waals surface area contributed by atoms with Crippen LogP contribution in [0, 0.1) is 6.92 Å². The molecule has 108 valence electrons. The second kappa shape index (κ2) is 6.02. The first-order valence-electron chi connectivity index (χ1n) is 7.33. The van der Waals surface area contributed by atoms with Crippen molar-refractivity contribution in [3.8, 4) is 0 Å². The highest BCUT2D eigenvalue weighted by Gasteiger charge is 2.15. The Morgan fingerprint density at radius 3 is 2.76 bits per heavy atom. The molecule has 0 heterocycles. The molecule has 0 fully saturated rings. The molecule has 0 bridgehead atoms.